The van der Waals surface area contributed by atoms with Crippen molar-refractivity contribution in [1.29, 1.82) is 0 Å². The van der Waals surface area contributed by atoms with Gasteiger partial charge in [-0.1, -0.05) is 24.3 Å². The van der Waals surface area contributed by atoms with Gasteiger partial charge in [0.2, 0.25) is 10.0 Å². The van der Waals surface area contributed by atoms with Gasteiger partial charge in [0.25, 0.3) is 0 Å². The first kappa shape index (κ1) is 18.9. The van der Waals surface area contributed by atoms with Crippen molar-refractivity contribution in [3.05, 3.63) is 65.5 Å². The first-order valence-corrected chi connectivity index (χ1v) is 9.24. The summed E-state index contributed by atoms with van der Waals surface area (Å²) in [4.78, 5) is 4.20. The van der Waals surface area contributed by atoms with E-state index in [0.29, 0.717) is 25.5 Å². The van der Waals surface area contributed by atoms with Crippen molar-refractivity contribution in [2.75, 3.05) is 13.6 Å². The number of hydrogen-bond donors (Lipinski definition) is 3. The highest BCUT2D eigenvalue weighted by atomic mass is 32.2. The van der Waals surface area contributed by atoms with E-state index >= 15 is 0 Å². The molecule has 0 radical (unpaired) electrons. The Bertz CT molecular complexity index is 836. The fourth-order valence-electron chi connectivity index (χ4n) is 2.22. The van der Waals surface area contributed by atoms with E-state index < -0.39 is 10.0 Å². The van der Waals surface area contributed by atoms with Crippen LogP contribution in [0.4, 0.5) is 4.39 Å². The van der Waals surface area contributed by atoms with Gasteiger partial charge >= 0.3 is 0 Å². The lowest BCUT2D eigenvalue weighted by Gasteiger charge is -2.12. The van der Waals surface area contributed by atoms with E-state index in [1.165, 1.54) is 24.3 Å². The van der Waals surface area contributed by atoms with Gasteiger partial charge in [0.05, 0.1) is 4.90 Å². The van der Waals surface area contributed by atoms with Crippen molar-refractivity contribution < 1.29 is 12.8 Å². The van der Waals surface area contributed by atoms with Crippen LogP contribution in [0.3, 0.4) is 0 Å². The number of rotatable bonds is 6. The summed E-state index contributed by atoms with van der Waals surface area (Å²) in [5, 5.41) is 11.3. The fourth-order valence-corrected chi connectivity index (χ4v) is 2.74. The molecule has 0 heterocycles. The van der Waals surface area contributed by atoms with Crippen LogP contribution in [0, 0.1) is 5.82 Å². The molecule has 6 nitrogen and oxygen atoms in total. The van der Waals surface area contributed by atoms with Gasteiger partial charge in [-0.25, -0.2) is 17.9 Å². The molecule has 8 heteroatoms. The lowest BCUT2D eigenvalue weighted by atomic mass is 10.1. The molecule has 0 amide bonds. The summed E-state index contributed by atoms with van der Waals surface area (Å²) in [6.07, 6.45) is 0.686. The van der Waals surface area contributed by atoms with E-state index in [1.807, 2.05) is 6.07 Å². The molecule has 25 heavy (non-hydrogen) atoms. The number of nitrogens with two attached hydrogens (primary N) is 1. The number of guanidine groups is 1. The van der Waals surface area contributed by atoms with Gasteiger partial charge < -0.3 is 10.6 Å². The molecule has 0 saturated carbocycles. The van der Waals surface area contributed by atoms with Crippen molar-refractivity contribution in [2.24, 2.45) is 10.1 Å². The maximum absolute atomic E-state index is 13.1. The van der Waals surface area contributed by atoms with Crippen LogP contribution in [-0.2, 0) is 23.0 Å². The molecule has 0 aliphatic heterocycles. The smallest absolute Gasteiger partial charge is 0.238 e. The summed E-state index contributed by atoms with van der Waals surface area (Å²) >= 11 is 0. The Morgan fingerprint density at radius 2 is 1.84 bits per heavy atom. The minimum absolute atomic E-state index is 0.0942. The first-order valence-electron chi connectivity index (χ1n) is 7.69. The molecule has 2 rings (SSSR count). The van der Waals surface area contributed by atoms with E-state index in [-0.39, 0.29) is 10.7 Å². The highest BCUT2D eigenvalue weighted by molar-refractivity contribution is 7.89. The summed E-state index contributed by atoms with van der Waals surface area (Å²) in [5.74, 6) is 0.329. The van der Waals surface area contributed by atoms with Crippen LogP contribution in [0.2, 0.25) is 0 Å². The van der Waals surface area contributed by atoms with Crippen molar-refractivity contribution in [2.45, 2.75) is 17.9 Å². The number of primary sulfonamides is 1. The zero-order chi connectivity index (χ0) is 18.3. The predicted molar refractivity (Wildman–Crippen MR) is 96.1 cm³/mol. The molecular formula is C17H21FN4O2S. The molecule has 0 unspecified atom stereocenters. The zero-order valence-electron chi connectivity index (χ0n) is 13.9. The second-order valence-electron chi connectivity index (χ2n) is 5.42. The largest absolute Gasteiger partial charge is 0.356 e. The molecule has 134 valence electrons. The molecule has 0 aromatic heterocycles. The van der Waals surface area contributed by atoms with E-state index in [2.05, 4.69) is 15.6 Å². The zero-order valence-corrected chi connectivity index (χ0v) is 14.7. The summed E-state index contributed by atoms with van der Waals surface area (Å²) < 4.78 is 35.6. The molecule has 0 spiro atoms. The summed E-state index contributed by atoms with van der Waals surface area (Å²) in [7, 11) is -2.01. The van der Waals surface area contributed by atoms with Crippen molar-refractivity contribution in [3.63, 3.8) is 0 Å². The first-order chi connectivity index (χ1) is 11.9. The van der Waals surface area contributed by atoms with Crippen molar-refractivity contribution in [1.82, 2.24) is 10.6 Å². The number of sulfonamides is 1. The number of nitrogens with zero attached hydrogens (tertiary/aromatic N) is 1. The van der Waals surface area contributed by atoms with Crippen molar-refractivity contribution in [3.8, 4) is 0 Å². The Balaban J connectivity index is 1.81. The topological polar surface area (TPSA) is 96.6 Å². The van der Waals surface area contributed by atoms with Gasteiger partial charge in [0, 0.05) is 20.1 Å². The molecule has 4 N–H and O–H groups in total. The minimum atomic E-state index is -3.67. The summed E-state index contributed by atoms with van der Waals surface area (Å²) in [5.41, 5.74) is 1.79. The van der Waals surface area contributed by atoms with E-state index in [4.69, 9.17) is 5.14 Å². The highest BCUT2D eigenvalue weighted by Gasteiger charge is 2.06. The van der Waals surface area contributed by atoms with Crippen LogP contribution >= 0.6 is 0 Å². The average Bonchev–Trinajstić information content (AvgIpc) is 2.57. The van der Waals surface area contributed by atoms with Gasteiger partial charge in [0.15, 0.2) is 5.96 Å². The van der Waals surface area contributed by atoms with Gasteiger partial charge in [-0.05, 0) is 41.8 Å². The Kier molecular flexibility index (Phi) is 6.49. The van der Waals surface area contributed by atoms with Crippen molar-refractivity contribution >= 4 is 16.0 Å². The Labute approximate surface area is 147 Å². The SMILES string of the molecule is CN=C(NCCc1ccc(S(N)(=O)=O)cc1)NCc1cccc(F)c1. The molecule has 0 bridgehead atoms. The highest BCUT2D eigenvalue weighted by Crippen LogP contribution is 2.09. The normalized spacial score (nSPS) is 12.0. The van der Waals surface area contributed by atoms with Crippen LogP contribution < -0.4 is 15.8 Å². The monoisotopic (exact) mass is 364 g/mol. The van der Waals surface area contributed by atoms with Crippen LogP contribution in [-0.4, -0.2) is 28.0 Å². The van der Waals surface area contributed by atoms with E-state index in [1.54, 1.807) is 25.2 Å². The molecule has 0 aliphatic carbocycles. The molecule has 2 aromatic carbocycles. The van der Waals surface area contributed by atoms with Gasteiger partial charge in [-0.3, -0.25) is 4.99 Å². The van der Waals surface area contributed by atoms with Gasteiger partial charge in [-0.2, -0.15) is 0 Å². The number of benzene rings is 2. The molecule has 0 atom stereocenters. The van der Waals surface area contributed by atoms with Gasteiger partial charge in [-0.15, -0.1) is 0 Å². The fraction of sp³-hybridized carbons (Fsp3) is 0.235. The Morgan fingerprint density at radius 1 is 1.12 bits per heavy atom. The second kappa shape index (κ2) is 8.59. The van der Waals surface area contributed by atoms with Gasteiger partial charge in [0.1, 0.15) is 5.82 Å². The summed E-state index contributed by atoms with van der Waals surface area (Å²) in [6, 6.07) is 12.8. The van der Waals surface area contributed by atoms with Crippen LogP contribution in [0.1, 0.15) is 11.1 Å². The van der Waals surface area contributed by atoms with Crippen LogP contribution in [0.25, 0.3) is 0 Å². The number of nitrogens with one attached hydrogen (secondary N) is 2. The third kappa shape index (κ3) is 6.17. The quantitative estimate of drug-likeness (QED) is 0.533. The third-order valence-corrected chi connectivity index (χ3v) is 4.46. The lowest BCUT2D eigenvalue weighted by Crippen LogP contribution is -2.37. The molecule has 0 saturated heterocycles. The maximum Gasteiger partial charge on any atom is 0.238 e. The standard InChI is InChI=1S/C17H21FN4O2S/c1-20-17(22-12-14-3-2-4-15(18)11-14)21-10-9-13-5-7-16(8-6-13)25(19,23)24/h2-8,11H,9-10,12H2,1H3,(H2,19,23,24)(H2,20,21,22). The molecule has 2 aromatic rings. The predicted octanol–water partition coefficient (Wildman–Crippen LogP) is 1.38. The van der Waals surface area contributed by atoms with E-state index in [0.717, 1.165) is 11.1 Å². The number of aliphatic imine (C=N–C) groups is 1. The number of hydrogen-bond acceptors (Lipinski definition) is 3. The molecule has 0 fully saturated rings. The van der Waals surface area contributed by atoms with Crippen LogP contribution in [0.15, 0.2) is 58.4 Å². The number of halogens is 1. The third-order valence-electron chi connectivity index (χ3n) is 3.53. The van der Waals surface area contributed by atoms with Crippen LogP contribution in [0.5, 0.6) is 0 Å². The Morgan fingerprint density at radius 3 is 2.44 bits per heavy atom. The average molecular weight is 364 g/mol. The lowest BCUT2D eigenvalue weighted by molar-refractivity contribution is 0.597. The molecular weight excluding hydrogens is 343 g/mol. The minimum Gasteiger partial charge on any atom is -0.356 e. The maximum atomic E-state index is 13.1. The molecule has 0 aliphatic rings. The van der Waals surface area contributed by atoms with E-state index in [9.17, 15) is 12.8 Å². The summed E-state index contributed by atoms with van der Waals surface area (Å²) in [6.45, 7) is 1.07. The Hall–Kier alpha value is -2.45. The second-order valence-corrected chi connectivity index (χ2v) is 6.98.